The van der Waals surface area contributed by atoms with E-state index in [1.807, 2.05) is 24.3 Å². The largest absolute Gasteiger partial charge is 0.457 e. The molecule has 1 N–H and O–H groups in total. The minimum absolute atomic E-state index is 0.0581. The van der Waals surface area contributed by atoms with Crippen molar-refractivity contribution >= 4 is 0 Å². The third-order valence-corrected chi connectivity index (χ3v) is 4.82. The van der Waals surface area contributed by atoms with E-state index < -0.39 is 0 Å². The molecule has 128 valence electrons. The predicted molar refractivity (Wildman–Crippen MR) is 97.7 cm³/mol. The lowest BCUT2D eigenvalue weighted by molar-refractivity contribution is 0.0394. The van der Waals surface area contributed by atoms with Gasteiger partial charge in [-0.15, -0.1) is 0 Å². The first-order chi connectivity index (χ1) is 11.8. The first-order valence-corrected chi connectivity index (χ1v) is 8.91. The van der Waals surface area contributed by atoms with Gasteiger partial charge in [0.25, 0.3) is 0 Å². The molecule has 3 rings (SSSR count). The van der Waals surface area contributed by atoms with Gasteiger partial charge < -0.3 is 14.8 Å². The van der Waals surface area contributed by atoms with Crippen LogP contribution in [0, 0.1) is 5.92 Å². The molecule has 3 nitrogen and oxygen atoms in total. The van der Waals surface area contributed by atoms with Crippen molar-refractivity contribution in [1.82, 2.24) is 5.32 Å². The summed E-state index contributed by atoms with van der Waals surface area (Å²) in [6, 6.07) is 16.5. The Morgan fingerprint density at radius 1 is 1.08 bits per heavy atom. The maximum absolute atomic E-state index is 6.30. The average molecular weight is 325 g/mol. The lowest BCUT2D eigenvalue weighted by Crippen LogP contribution is -2.34. The maximum atomic E-state index is 6.30. The molecule has 1 aliphatic rings. The van der Waals surface area contributed by atoms with Crippen LogP contribution in [0.1, 0.15) is 37.0 Å². The highest BCUT2D eigenvalue weighted by Gasteiger charge is 2.27. The Kier molecular flexibility index (Phi) is 5.89. The SMILES string of the molecule is CCc1ccccc1Oc1ccccc1C(OC)[C@@H]1CCCNC1. The number of para-hydroxylation sites is 2. The number of hydrogen-bond acceptors (Lipinski definition) is 3. The van der Waals surface area contributed by atoms with Crippen LogP contribution in [0.5, 0.6) is 11.5 Å². The summed E-state index contributed by atoms with van der Waals surface area (Å²) in [5.41, 5.74) is 2.36. The minimum atomic E-state index is 0.0581. The van der Waals surface area contributed by atoms with Crippen LogP contribution >= 0.6 is 0 Å². The molecular formula is C21H27NO2. The number of hydrogen-bond donors (Lipinski definition) is 1. The molecule has 1 fully saturated rings. The maximum Gasteiger partial charge on any atom is 0.133 e. The summed E-state index contributed by atoms with van der Waals surface area (Å²) in [5.74, 6) is 2.31. The van der Waals surface area contributed by atoms with Crippen molar-refractivity contribution in [2.75, 3.05) is 20.2 Å². The normalized spacial score (nSPS) is 19.0. The van der Waals surface area contributed by atoms with Crippen molar-refractivity contribution in [3.05, 3.63) is 59.7 Å². The van der Waals surface area contributed by atoms with Gasteiger partial charge in [-0.3, -0.25) is 0 Å². The molecule has 0 spiro atoms. The summed E-state index contributed by atoms with van der Waals surface area (Å²) in [5, 5.41) is 3.49. The third-order valence-electron chi connectivity index (χ3n) is 4.82. The number of aryl methyl sites for hydroxylation is 1. The number of methoxy groups -OCH3 is 1. The van der Waals surface area contributed by atoms with Gasteiger partial charge in [0.05, 0.1) is 6.10 Å². The van der Waals surface area contributed by atoms with Crippen LogP contribution in [0.3, 0.4) is 0 Å². The van der Waals surface area contributed by atoms with E-state index in [1.165, 1.54) is 18.4 Å². The van der Waals surface area contributed by atoms with Gasteiger partial charge in [-0.05, 0) is 43.5 Å². The zero-order valence-electron chi connectivity index (χ0n) is 14.6. The fourth-order valence-corrected chi connectivity index (χ4v) is 3.53. The molecule has 2 aromatic carbocycles. The second kappa shape index (κ2) is 8.32. The molecule has 1 heterocycles. The van der Waals surface area contributed by atoms with Gasteiger partial charge in [-0.25, -0.2) is 0 Å². The molecule has 3 heteroatoms. The fraction of sp³-hybridized carbons (Fsp3) is 0.429. The van der Waals surface area contributed by atoms with Crippen LogP contribution in [-0.4, -0.2) is 20.2 Å². The van der Waals surface area contributed by atoms with E-state index in [0.29, 0.717) is 5.92 Å². The summed E-state index contributed by atoms with van der Waals surface area (Å²) in [4.78, 5) is 0. The van der Waals surface area contributed by atoms with Crippen LogP contribution in [0.15, 0.2) is 48.5 Å². The number of ether oxygens (including phenoxy) is 2. The topological polar surface area (TPSA) is 30.5 Å². The van der Waals surface area contributed by atoms with Crippen molar-refractivity contribution in [2.45, 2.75) is 32.3 Å². The average Bonchev–Trinajstić information content (AvgIpc) is 2.65. The summed E-state index contributed by atoms with van der Waals surface area (Å²) < 4.78 is 12.2. The van der Waals surface area contributed by atoms with Gasteiger partial charge in [0.2, 0.25) is 0 Å². The second-order valence-corrected chi connectivity index (χ2v) is 6.36. The van der Waals surface area contributed by atoms with Gasteiger partial charge in [-0.2, -0.15) is 0 Å². The van der Waals surface area contributed by atoms with Crippen molar-refractivity contribution in [2.24, 2.45) is 5.92 Å². The zero-order chi connectivity index (χ0) is 16.8. The Bertz CT molecular complexity index is 650. The summed E-state index contributed by atoms with van der Waals surface area (Å²) in [6.45, 7) is 4.26. The van der Waals surface area contributed by atoms with E-state index in [4.69, 9.17) is 9.47 Å². The van der Waals surface area contributed by atoms with Crippen LogP contribution < -0.4 is 10.1 Å². The number of nitrogens with one attached hydrogen (secondary N) is 1. The molecule has 2 atom stereocenters. The Morgan fingerprint density at radius 2 is 1.83 bits per heavy atom. The van der Waals surface area contributed by atoms with Gasteiger partial charge in [0.15, 0.2) is 0 Å². The Labute approximate surface area is 145 Å². The highest BCUT2D eigenvalue weighted by atomic mass is 16.5. The lowest BCUT2D eigenvalue weighted by Gasteiger charge is -2.31. The first-order valence-electron chi connectivity index (χ1n) is 8.91. The predicted octanol–water partition coefficient (Wildman–Crippen LogP) is 4.73. The van der Waals surface area contributed by atoms with E-state index in [2.05, 4.69) is 36.5 Å². The van der Waals surface area contributed by atoms with Gasteiger partial charge in [0, 0.05) is 25.1 Å². The minimum Gasteiger partial charge on any atom is -0.457 e. The molecule has 1 aliphatic heterocycles. The Morgan fingerprint density at radius 3 is 2.54 bits per heavy atom. The summed E-state index contributed by atoms with van der Waals surface area (Å²) >= 11 is 0. The summed E-state index contributed by atoms with van der Waals surface area (Å²) in [7, 11) is 1.80. The molecular weight excluding hydrogens is 298 g/mol. The van der Waals surface area contributed by atoms with Crippen LogP contribution in [0.4, 0.5) is 0 Å². The molecule has 24 heavy (non-hydrogen) atoms. The highest BCUT2D eigenvalue weighted by Crippen LogP contribution is 2.38. The molecule has 0 aliphatic carbocycles. The third kappa shape index (κ3) is 3.80. The smallest absolute Gasteiger partial charge is 0.133 e. The zero-order valence-corrected chi connectivity index (χ0v) is 14.6. The van der Waals surface area contributed by atoms with Gasteiger partial charge in [-0.1, -0.05) is 43.3 Å². The molecule has 0 aromatic heterocycles. The van der Waals surface area contributed by atoms with Crippen LogP contribution in [0.25, 0.3) is 0 Å². The lowest BCUT2D eigenvalue weighted by atomic mass is 9.89. The molecule has 2 aromatic rings. The molecule has 0 saturated carbocycles. The van der Waals surface area contributed by atoms with Crippen molar-refractivity contribution in [3.8, 4) is 11.5 Å². The molecule has 0 amide bonds. The number of piperidine rings is 1. The van der Waals surface area contributed by atoms with Gasteiger partial charge >= 0.3 is 0 Å². The van der Waals surface area contributed by atoms with E-state index in [-0.39, 0.29) is 6.10 Å². The molecule has 0 radical (unpaired) electrons. The Hall–Kier alpha value is -1.84. The standard InChI is InChI=1S/C21H27NO2/c1-3-16-9-4-6-12-19(16)24-20-13-7-5-11-18(20)21(23-2)17-10-8-14-22-15-17/h4-7,9,11-13,17,21-22H,3,8,10,14-15H2,1-2H3/t17-,21?/m1/s1. The first kappa shape index (κ1) is 17.0. The number of rotatable bonds is 6. The second-order valence-electron chi connectivity index (χ2n) is 6.36. The van der Waals surface area contributed by atoms with E-state index in [1.54, 1.807) is 7.11 Å². The van der Waals surface area contributed by atoms with Crippen molar-refractivity contribution < 1.29 is 9.47 Å². The Balaban J connectivity index is 1.89. The van der Waals surface area contributed by atoms with E-state index in [0.717, 1.165) is 36.6 Å². The van der Waals surface area contributed by atoms with Gasteiger partial charge in [0.1, 0.15) is 11.5 Å². The van der Waals surface area contributed by atoms with Crippen molar-refractivity contribution in [1.29, 1.82) is 0 Å². The van der Waals surface area contributed by atoms with Crippen molar-refractivity contribution in [3.63, 3.8) is 0 Å². The highest BCUT2D eigenvalue weighted by molar-refractivity contribution is 5.42. The quantitative estimate of drug-likeness (QED) is 0.833. The van der Waals surface area contributed by atoms with E-state index >= 15 is 0 Å². The van der Waals surface area contributed by atoms with Crippen LogP contribution in [0.2, 0.25) is 0 Å². The number of benzene rings is 2. The molecule has 0 bridgehead atoms. The monoisotopic (exact) mass is 325 g/mol. The van der Waals surface area contributed by atoms with E-state index in [9.17, 15) is 0 Å². The molecule has 1 unspecified atom stereocenters. The molecule has 1 saturated heterocycles. The fourth-order valence-electron chi connectivity index (χ4n) is 3.53. The van der Waals surface area contributed by atoms with Crippen LogP contribution in [-0.2, 0) is 11.2 Å². The summed E-state index contributed by atoms with van der Waals surface area (Å²) in [6.07, 6.45) is 3.40.